The first-order valence-corrected chi connectivity index (χ1v) is 6.01. The van der Waals surface area contributed by atoms with Crippen molar-refractivity contribution >= 4 is 0 Å². The molecule has 1 aliphatic heterocycles. The van der Waals surface area contributed by atoms with Crippen LogP contribution in [0, 0.1) is 6.92 Å². The normalized spacial score (nSPS) is 26.9. The van der Waals surface area contributed by atoms with Crippen molar-refractivity contribution in [3.63, 3.8) is 0 Å². The van der Waals surface area contributed by atoms with Gasteiger partial charge in [-0.05, 0) is 39.2 Å². The zero-order valence-electron chi connectivity index (χ0n) is 9.24. The molecule has 2 fully saturated rings. The first-order chi connectivity index (χ1) is 7.36. The highest BCUT2D eigenvalue weighted by Gasteiger charge is 2.31. The Labute approximate surface area is 90.1 Å². The maximum absolute atomic E-state index is 4.35. The van der Waals surface area contributed by atoms with Crippen LogP contribution in [0.3, 0.4) is 0 Å². The largest absolute Gasteiger partial charge is 0.311 e. The van der Waals surface area contributed by atoms with Crippen LogP contribution in [0.5, 0.6) is 0 Å². The van der Waals surface area contributed by atoms with Gasteiger partial charge in [-0.15, -0.1) is 10.2 Å². The molecule has 0 aromatic carbocycles. The van der Waals surface area contributed by atoms with E-state index in [-0.39, 0.29) is 0 Å². The molecule has 2 heterocycles. The molecule has 4 nitrogen and oxygen atoms in total. The molecular formula is C11H18N4. The quantitative estimate of drug-likeness (QED) is 0.801. The average Bonchev–Trinajstić information content (AvgIpc) is 3.03. The average molecular weight is 206 g/mol. The molecule has 4 heteroatoms. The van der Waals surface area contributed by atoms with E-state index in [2.05, 4.69) is 27.0 Å². The van der Waals surface area contributed by atoms with Gasteiger partial charge in [0.05, 0.1) is 6.04 Å². The molecule has 0 bridgehead atoms. The number of nitrogens with one attached hydrogen (secondary N) is 1. The summed E-state index contributed by atoms with van der Waals surface area (Å²) < 4.78 is 2.35. The summed E-state index contributed by atoms with van der Waals surface area (Å²) in [5.74, 6) is 2.26. The number of hydrogen-bond acceptors (Lipinski definition) is 3. The zero-order valence-corrected chi connectivity index (χ0v) is 9.24. The lowest BCUT2D eigenvalue weighted by Gasteiger charge is -2.23. The van der Waals surface area contributed by atoms with E-state index >= 15 is 0 Å². The number of hydrogen-bond donors (Lipinski definition) is 1. The second-order valence-corrected chi connectivity index (χ2v) is 4.71. The van der Waals surface area contributed by atoms with Crippen molar-refractivity contribution in [2.24, 2.45) is 0 Å². The van der Waals surface area contributed by atoms with Crippen molar-refractivity contribution in [3.05, 3.63) is 11.6 Å². The van der Waals surface area contributed by atoms with Gasteiger partial charge in [-0.3, -0.25) is 0 Å². The molecule has 1 atom stereocenters. The molecule has 1 N–H and O–H groups in total. The minimum Gasteiger partial charge on any atom is -0.311 e. The van der Waals surface area contributed by atoms with Crippen molar-refractivity contribution in [2.45, 2.75) is 51.1 Å². The summed E-state index contributed by atoms with van der Waals surface area (Å²) >= 11 is 0. The molecule has 1 aliphatic carbocycles. The number of rotatable bonds is 2. The van der Waals surface area contributed by atoms with Gasteiger partial charge in [0.15, 0.2) is 0 Å². The highest BCUT2D eigenvalue weighted by Crippen LogP contribution is 2.38. The van der Waals surface area contributed by atoms with E-state index in [0.29, 0.717) is 12.1 Å². The predicted molar refractivity (Wildman–Crippen MR) is 57.6 cm³/mol. The Morgan fingerprint density at radius 1 is 1.20 bits per heavy atom. The molecule has 0 radical (unpaired) electrons. The fraction of sp³-hybridized carbons (Fsp3) is 0.818. The van der Waals surface area contributed by atoms with E-state index in [9.17, 15) is 0 Å². The van der Waals surface area contributed by atoms with Gasteiger partial charge in [-0.2, -0.15) is 0 Å². The molecule has 2 aliphatic rings. The monoisotopic (exact) mass is 206 g/mol. The number of nitrogens with zero attached hydrogens (tertiary/aromatic N) is 3. The van der Waals surface area contributed by atoms with Crippen LogP contribution < -0.4 is 5.32 Å². The molecule has 1 aromatic rings. The van der Waals surface area contributed by atoms with Crippen molar-refractivity contribution in [3.8, 4) is 0 Å². The summed E-state index contributed by atoms with van der Waals surface area (Å²) in [7, 11) is 0. The lowest BCUT2D eigenvalue weighted by Crippen LogP contribution is -2.29. The SMILES string of the molecule is Cc1nnc([C@H]2CCCCN2)n1C1CC1. The number of aryl methyl sites for hydroxylation is 1. The van der Waals surface area contributed by atoms with Crippen LogP contribution in [0.1, 0.15) is 55.8 Å². The van der Waals surface area contributed by atoms with Gasteiger partial charge >= 0.3 is 0 Å². The van der Waals surface area contributed by atoms with E-state index in [1.54, 1.807) is 0 Å². The van der Waals surface area contributed by atoms with Crippen LogP contribution in [-0.4, -0.2) is 21.3 Å². The molecule has 15 heavy (non-hydrogen) atoms. The summed E-state index contributed by atoms with van der Waals surface area (Å²) in [4.78, 5) is 0. The van der Waals surface area contributed by atoms with E-state index in [4.69, 9.17) is 0 Å². The third-order valence-corrected chi connectivity index (χ3v) is 3.43. The first kappa shape index (κ1) is 9.33. The van der Waals surface area contributed by atoms with Crippen molar-refractivity contribution in [1.29, 1.82) is 0 Å². The van der Waals surface area contributed by atoms with Crippen molar-refractivity contribution in [2.75, 3.05) is 6.54 Å². The van der Waals surface area contributed by atoms with E-state index < -0.39 is 0 Å². The summed E-state index contributed by atoms with van der Waals surface area (Å²) in [6, 6.07) is 1.14. The number of aromatic nitrogens is 3. The molecule has 1 saturated heterocycles. The van der Waals surface area contributed by atoms with Gasteiger partial charge in [0.1, 0.15) is 11.6 Å². The van der Waals surface area contributed by atoms with Crippen LogP contribution in [0.15, 0.2) is 0 Å². The molecule has 1 saturated carbocycles. The zero-order chi connectivity index (χ0) is 10.3. The second kappa shape index (κ2) is 3.59. The third kappa shape index (κ3) is 1.67. The van der Waals surface area contributed by atoms with Gasteiger partial charge in [0, 0.05) is 6.04 Å². The van der Waals surface area contributed by atoms with E-state index in [0.717, 1.165) is 12.4 Å². The topological polar surface area (TPSA) is 42.7 Å². The smallest absolute Gasteiger partial charge is 0.150 e. The molecule has 82 valence electrons. The summed E-state index contributed by atoms with van der Waals surface area (Å²) in [6.45, 7) is 3.19. The van der Waals surface area contributed by atoms with Gasteiger partial charge in [-0.1, -0.05) is 6.42 Å². The van der Waals surface area contributed by atoms with Gasteiger partial charge in [0.25, 0.3) is 0 Å². The maximum Gasteiger partial charge on any atom is 0.150 e. The fourth-order valence-electron chi connectivity index (χ4n) is 2.48. The lowest BCUT2D eigenvalue weighted by atomic mass is 10.0. The molecule has 0 unspecified atom stereocenters. The molecule has 0 amide bonds. The Morgan fingerprint density at radius 3 is 2.73 bits per heavy atom. The third-order valence-electron chi connectivity index (χ3n) is 3.43. The van der Waals surface area contributed by atoms with Gasteiger partial charge in [0.2, 0.25) is 0 Å². The minimum absolute atomic E-state index is 0.445. The van der Waals surface area contributed by atoms with Crippen LogP contribution >= 0.6 is 0 Å². The Morgan fingerprint density at radius 2 is 2.07 bits per heavy atom. The van der Waals surface area contributed by atoms with Crippen LogP contribution in [-0.2, 0) is 0 Å². The summed E-state index contributed by atoms with van der Waals surface area (Å²) in [5.41, 5.74) is 0. The highest BCUT2D eigenvalue weighted by atomic mass is 15.3. The molecule has 0 spiro atoms. The van der Waals surface area contributed by atoms with Gasteiger partial charge in [-0.25, -0.2) is 0 Å². The van der Waals surface area contributed by atoms with Crippen molar-refractivity contribution in [1.82, 2.24) is 20.1 Å². The molecule has 3 rings (SSSR count). The predicted octanol–water partition coefficient (Wildman–Crippen LogP) is 1.74. The van der Waals surface area contributed by atoms with Crippen molar-refractivity contribution < 1.29 is 0 Å². The van der Waals surface area contributed by atoms with Crippen LogP contribution in [0.25, 0.3) is 0 Å². The maximum atomic E-state index is 4.35. The Bertz CT molecular complexity index is 347. The van der Waals surface area contributed by atoms with Crippen LogP contribution in [0.4, 0.5) is 0 Å². The Kier molecular flexibility index (Phi) is 2.24. The summed E-state index contributed by atoms with van der Waals surface area (Å²) in [6.07, 6.45) is 6.43. The molecule has 1 aromatic heterocycles. The lowest BCUT2D eigenvalue weighted by molar-refractivity contribution is 0.384. The van der Waals surface area contributed by atoms with E-state index in [1.165, 1.54) is 37.9 Å². The Hall–Kier alpha value is -0.900. The first-order valence-electron chi connectivity index (χ1n) is 6.01. The summed E-state index contributed by atoms with van der Waals surface area (Å²) in [5, 5.41) is 12.1. The number of piperidine rings is 1. The second-order valence-electron chi connectivity index (χ2n) is 4.71. The standard InChI is InChI=1S/C11H18N4/c1-8-13-14-11(15(8)9-5-6-9)10-4-2-3-7-12-10/h9-10,12H,2-7H2,1H3/t10-/m1/s1. The van der Waals surface area contributed by atoms with E-state index in [1.807, 2.05) is 0 Å². The Balaban J connectivity index is 1.89. The van der Waals surface area contributed by atoms with Crippen LogP contribution in [0.2, 0.25) is 0 Å². The van der Waals surface area contributed by atoms with Gasteiger partial charge < -0.3 is 9.88 Å². The molecular weight excluding hydrogens is 188 g/mol. The minimum atomic E-state index is 0.445. The fourth-order valence-corrected chi connectivity index (χ4v) is 2.48. The highest BCUT2D eigenvalue weighted by molar-refractivity contribution is 5.06.